The average molecular weight is 312 g/mol. The maximum atomic E-state index is 11.5. The quantitative estimate of drug-likeness (QED) is 0.922. The fraction of sp³-hybridized carbons (Fsp3) is 0.143. The Hall–Kier alpha value is -1.56. The summed E-state index contributed by atoms with van der Waals surface area (Å²) in [5, 5.41) is 5.44. The van der Waals surface area contributed by atoms with Crippen LogP contribution in [-0.2, 0) is 16.4 Å². The van der Waals surface area contributed by atoms with E-state index in [2.05, 4.69) is 0 Å². The topological polar surface area (TPSA) is 69.4 Å². The van der Waals surface area contributed by atoms with Crippen LogP contribution in [0.25, 0.3) is 0 Å². The van der Waals surface area contributed by atoms with Crippen LogP contribution in [0.1, 0.15) is 5.56 Å². The molecule has 0 aliphatic heterocycles. The van der Waals surface area contributed by atoms with Gasteiger partial charge in [-0.15, -0.1) is 0 Å². The predicted molar refractivity (Wildman–Crippen MR) is 78.5 cm³/mol. The molecule has 0 atom stereocenters. The van der Waals surface area contributed by atoms with E-state index in [0.29, 0.717) is 18.1 Å². The van der Waals surface area contributed by atoms with Gasteiger partial charge in [0, 0.05) is 11.4 Å². The lowest BCUT2D eigenvalue weighted by Gasteiger charge is -2.10. The van der Waals surface area contributed by atoms with Crippen LogP contribution in [0, 0.1) is 0 Å². The largest absolute Gasteiger partial charge is 0.492 e. The fourth-order valence-corrected chi connectivity index (χ4v) is 2.68. The van der Waals surface area contributed by atoms with E-state index in [1.807, 2.05) is 30.3 Å². The molecule has 106 valence electrons. The maximum absolute atomic E-state index is 11.5. The van der Waals surface area contributed by atoms with Crippen LogP contribution >= 0.6 is 11.6 Å². The minimum Gasteiger partial charge on any atom is -0.492 e. The number of rotatable bonds is 5. The normalized spacial score (nSPS) is 11.3. The Morgan fingerprint density at radius 1 is 1.10 bits per heavy atom. The second-order valence-corrected chi connectivity index (χ2v) is 6.19. The summed E-state index contributed by atoms with van der Waals surface area (Å²) in [7, 11) is -3.86. The van der Waals surface area contributed by atoms with Crippen LogP contribution in [0.15, 0.2) is 53.4 Å². The van der Waals surface area contributed by atoms with Crippen LogP contribution in [0.4, 0.5) is 0 Å². The van der Waals surface area contributed by atoms with Gasteiger partial charge in [-0.3, -0.25) is 0 Å². The second kappa shape index (κ2) is 6.26. The first-order chi connectivity index (χ1) is 9.47. The molecule has 20 heavy (non-hydrogen) atoms. The molecule has 0 aliphatic carbocycles. The lowest BCUT2D eigenvalue weighted by molar-refractivity contribution is 0.313. The molecule has 6 heteroatoms. The molecule has 0 unspecified atom stereocenters. The van der Waals surface area contributed by atoms with Crippen molar-refractivity contribution in [3.63, 3.8) is 0 Å². The van der Waals surface area contributed by atoms with Crippen molar-refractivity contribution in [1.82, 2.24) is 0 Å². The van der Waals surface area contributed by atoms with Crippen molar-refractivity contribution in [3.05, 3.63) is 59.1 Å². The SMILES string of the molecule is NS(=O)(=O)c1cc(Cl)ccc1OCCc1ccccc1. The van der Waals surface area contributed by atoms with Crippen LogP contribution in [0.2, 0.25) is 5.02 Å². The third-order valence-corrected chi connectivity index (χ3v) is 3.87. The summed E-state index contributed by atoms with van der Waals surface area (Å²) in [6.07, 6.45) is 0.674. The number of sulfonamides is 1. The van der Waals surface area contributed by atoms with Gasteiger partial charge in [0.15, 0.2) is 0 Å². The highest BCUT2D eigenvalue weighted by molar-refractivity contribution is 7.89. The second-order valence-electron chi connectivity index (χ2n) is 4.22. The van der Waals surface area contributed by atoms with Gasteiger partial charge in [0.05, 0.1) is 6.61 Å². The molecule has 0 aromatic heterocycles. The standard InChI is InChI=1S/C14H14ClNO3S/c15-12-6-7-13(14(10-12)20(16,17)18)19-9-8-11-4-2-1-3-5-11/h1-7,10H,8-9H2,(H2,16,17,18). The Bertz CT molecular complexity index is 687. The minimum atomic E-state index is -3.86. The lowest BCUT2D eigenvalue weighted by atomic mass is 10.2. The van der Waals surface area contributed by atoms with Gasteiger partial charge in [-0.25, -0.2) is 13.6 Å². The third kappa shape index (κ3) is 3.96. The first-order valence-corrected chi connectivity index (χ1v) is 7.88. The van der Waals surface area contributed by atoms with Crippen molar-refractivity contribution in [2.24, 2.45) is 5.14 Å². The van der Waals surface area contributed by atoms with Crippen molar-refractivity contribution >= 4 is 21.6 Å². The molecule has 0 heterocycles. The van der Waals surface area contributed by atoms with E-state index in [-0.39, 0.29) is 10.6 Å². The van der Waals surface area contributed by atoms with E-state index in [1.165, 1.54) is 12.1 Å². The molecule has 0 saturated carbocycles. The smallest absolute Gasteiger partial charge is 0.241 e. The number of benzene rings is 2. The molecule has 0 fully saturated rings. The van der Waals surface area contributed by atoms with Gasteiger partial charge in [-0.05, 0) is 23.8 Å². The Morgan fingerprint density at radius 2 is 1.80 bits per heavy atom. The molecule has 2 N–H and O–H groups in total. The molecule has 0 radical (unpaired) electrons. The predicted octanol–water partition coefficient (Wildman–Crippen LogP) is 2.61. The summed E-state index contributed by atoms with van der Waals surface area (Å²) in [6, 6.07) is 14.1. The number of nitrogens with two attached hydrogens (primary N) is 1. The van der Waals surface area contributed by atoms with E-state index in [4.69, 9.17) is 21.5 Å². The summed E-state index contributed by atoms with van der Waals surface area (Å²) >= 11 is 5.78. The van der Waals surface area contributed by atoms with Crippen LogP contribution in [0.3, 0.4) is 0 Å². The molecule has 0 aliphatic rings. The van der Waals surface area contributed by atoms with Gasteiger partial charge in [-0.2, -0.15) is 0 Å². The Morgan fingerprint density at radius 3 is 2.45 bits per heavy atom. The molecule has 2 rings (SSSR count). The summed E-state index contributed by atoms with van der Waals surface area (Å²) in [5.74, 6) is 0.216. The minimum absolute atomic E-state index is 0.0990. The van der Waals surface area contributed by atoms with Crippen molar-refractivity contribution < 1.29 is 13.2 Å². The molecule has 0 amide bonds. The monoisotopic (exact) mass is 311 g/mol. The number of halogens is 1. The highest BCUT2D eigenvalue weighted by Gasteiger charge is 2.15. The van der Waals surface area contributed by atoms with E-state index >= 15 is 0 Å². The molecule has 2 aromatic carbocycles. The van der Waals surface area contributed by atoms with Crippen molar-refractivity contribution in [2.45, 2.75) is 11.3 Å². The van der Waals surface area contributed by atoms with E-state index in [9.17, 15) is 8.42 Å². The Kier molecular flexibility index (Phi) is 4.65. The Balaban J connectivity index is 2.10. The maximum Gasteiger partial charge on any atom is 0.241 e. The summed E-state index contributed by atoms with van der Waals surface area (Å²) in [4.78, 5) is -0.0990. The summed E-state index contributed by atoms with van der Waals surface area (Å²) in [5.41, 5.74) is 1.11. The molecule has 0 bridgehead atoms. The molecule has 2 aromatic rings. The molecular formula is C14H14ClNO3S. The first kappa shape index (κ1) is 14.8. The van der Waals surface area contributed by atoms with Crippen molar-refractivity contribution in [1.29, 1.82) is 0 Å². The van der Waals surface area contributed by atoms with Gasteiger partial charge in [0.1, 0.15) is 10.6 Å². The molecule has 0 saturated heterocycles. The Labute approximate surface area is 123 Å². The average Bonchev–Trinajstić information content (AvgIpc) is 2.40. The zero-order valence-corrected chi connectivity index (χ0v) is 12.2. The van der Waals surface area contributed by atoms with Gasteiger partial charge in [0.25, 0.3) is 0 Å². The molecule has 0 spiro atoms. The zero-order valence-electron chi connectivity index (χ0n) is 10.6. The highest BCUT2D eigenvalue weighted by Crippen LogP contribution is 2.26. The number of primary sulfonamides is 1. The number of ether oxygens (including phenoxy) is 1. The molecular weight excluding hydrogens is 298 g/mol. The van der Waals surface area contributed by atoms with Crippen LogP contribution in [-0.4, -0.2) is 15.0 Å². The van der Waals surface area contributed by atoms with Crippen LogP contribution < -0.4 is 9.88 Å². The number of hydrogen-bond acceptors (Lipinski definition) is 3. The fourth-order valence-electron chi connectivity index (χ4n) is 1.75. The highest BCUT2D eigenvalue weighted by atomic mass is 35.5. The molecule has 4 nitrogen and oxygen atoms in total. The van der Waals surface area contributed by atoms with Gasteiger partial charge in [0.2, 0.25) is 10.0 Å². The van der Waals surface area contributed by atoms with E-state index in [1.54, 1.807) is 6.07 Å². The summed E-state index contributed by atoms with van der Waals surface area (Å²) in [6.45, 7) is 0.355. The third-order valence-electron chi connectivity index (χ3n) is 2.70. The van der Waals surface area contributed by atoms with Crippen molar-refractivity contribution in [2.75, 3.05) is 6.61 Å². The van der Waals surface area contributed by atoms with Crippen molar-refractivity contribution in [3.8, 4) is 5.75 Å². The zero-order chi connectivity index (χ0) is 14.6. The first-order valence-electron chi connectivity index (χ1n) is 5.96. The van der Waals surface area contributed by atoms with E-state index < -0.39 is 10.0 Å². The summed E-state index contributed by atoms with van der Waals surface area (Å²) < 4.78 is 28.5. The lowest BCUT2D eigenvalue weighted by Crippen LogP contribution is -2.14. The van der Waals surface area contributed by atoms with E-state index in [0.717, 1.165) is 5.56 Å². The number of hydrogen-bond donors (Lipinski definition) is 1. The van der Waals surface area contributed by atoms with Crippen LogP contribution in [0.5, 0.6) is 5.75 Å². The van der Waals surface area contributed by atoms with Gasteiger partial charge >= 0.3 is 0 Å². The van der Waals surface area contributed by atoms with Gasteiger partial charge < -0.3 is 4.74 Å². The van der Waals surface area contributed by atoms with Gasteiger partial charge in [-0.1, -0.05) is 41.9 Å².